The second kappa shape index (κ2) is 10.8. The molecule has 1 unspecified atom stereocenters. The van der Waals surface area contributed by atoms with Crippen LogP contribution in [0.5, 0.6) is 11.5 Å². The van der Waals surface area contributed by atoms with Gasteiger partial charge in [0.1, 0.15) is 0 Å². The van der Waals surface area contributed by atoms with Crippen LogP contribution in [0.3, 0.4) is 0 Å². The van der Waals surface area contributed by atoms with Crippen LogP contribution in [0.4, 0.5) is 0 Å². The second-order valence-electron chi connectivity index (χ2n) is 7.43. The minimum Gasteiger partial charge on any atom is -0.493 e. The van der Waals surface area contributed by atoms with Crippen molar-refractivity contribution in [1.29, 1.82) is 0 Å². The third-order valence-corrected chi connectivity index (χ3v) is 5.33. The average molecular weight is 398 g/mol. The Bertz CT molecular complexity index is 761. The molecule has 29 heavy (non-hydrogen) atoms. The van der Waals surface area contributed by atoms with E-state index in [9.17, 15) is 4.79 Å². The van der Waals surface area contributed by atoms with Crippen molar-refractivity contribution < 1.29 is 14.3 Å². The van der Waals surface area contributed by atoms with Crippen molar-refractivity contribution in [2.75, 3.05) is 53.5 Å². The molecule has 156 valence electrons. The highest BCUT2D eigenvalue weighted by Gasteiger charge is 2.23. The number of carbonyl (C=O) groups excluding carboxylic acids is 1. The minimum absolute atomic E-state index is 0.0266. The Morgan fingerprint density at radius 3 is 2.34 bits per heavy atom. The number of carbonyl (C=O) groups is 1. The standard InChI is InChI=1S/C23H31N3O3/c1-25-12-14-26(15-13-25)20(16-19-8-4-3-5-9-19)17-24-23(27)18-29-22-11-7-6-10-21(22)28-2/h3-11,20H,12-18H2,1-2H3,(H,24,27). The number of rotatable bonds is 9. The Hall–Kier alpha value is -2.57. The van der Waals surface area contributed by atoms with Crippen LogP contribution in [0, 0.1) is 0 Å². The zero-order valence-electron chi connectivity index (χ0n) is 17.3. The Balaban J connectivity index is 1.54. The topological polar surface area (TPSA) is 54.0 Å². The molecule has 6 heteroatoms. The fourth-order valence-corrected chi connectivity index (χ4v) is 3.57. The molecular weight excluding hydrogens is 366 g/mol. The van der Waals surface area contributed by atoms with Gasteiger partial charge < -0.3 is 19.7 Å². The SMILES string of the molecule is COc1ccccc1OCC(=O)NCC(Cc1ccccc1)N1CCN(C)CC1. The third-order valence-electron chi connectivity index (χ3n) is 5.33. The summed E-state index contributed by atoms with van der Waals surface area (Å²) in [5.74, 6) is 1.08. The van der Waals surface area contributed by atoms with Crippen LogP contribution in [0.1, 0.15) is 5.56 Å². The molecule has 1 N–H and O–H groups in total. The van der Waals surface area contributed by atoms with E-state index in [0.717, 1.165) is 32.6 Å². The van der Waals surface area contributed by atoms with Gasteiger partial charge in [-0.2, -0.15) is 0 Å². The summed E-state index contributed by atoms with van der Waals surface area (Å²) < 4.78 is 10.9. The number of methoxy groups -OCH3 is 1. The number of benzene rings is 2. The monoisotopic (exact) mass is 397 g/mol. The molecule has 1 saturated heterocycles. The molecule has 1 atom stereocenters. The van der Waals surface area contributed by atoms with E-state index >= 15 is 0 Å². The number of nitrogens with one attached hydrogen (secondary N) is 1. The van der Waals surface area contributed by atoms with Gasteiger partial charge in [0.25, 0.3) is 5.91 Å². The maximum Gasteiger partial charge on any atom is 0.257 e. The highest BCUT2D eigenvalue weighted by molar-refractivity contribution is 5.77. The summed E-state index contributed by atoms with van der Waals surface area (Å²) in [6.07, 6.45) is 0.915. The van der Waals surface area contributed by atoms with Gasteiger partial charge in [-0.3, -0.25) is 9.69 Å². The van der Waals surface area contributed by atoms with E-state index in [2.05, 4.69) is 46.4 Å². The molecule has 1 aliphatic heterocycles. The molecule has 0 aromatic heterocycles. The number of hydrogen-bond donors (Lipinski definition) is 1. The summed E-state index contributed by atoms with van der Waals surface area (Å²) >= 11 is 0. The van der Waals surface area contributed by atoms with E-state index < -0.39 is 0 Å². The van der Waals surface area contributed by atoms with Crippen molar-refractivity contribution in [3.8, 4) is 11.5 Å². The molecule has 1 aliphatic rings. The fraction of sp³-hybridized carbons (Fsp3) is 0.435. The molecule has 0 aliphatic carbocycles. The third kappa shape index (κ3) is 6.48. The van der Waals surface area contributed by atoms with Gasteiger partial charge >= 0.3 is 0 Å². The van der Waals surface area contributed by atoms with Crippen molar-refractivity contribution in [2.45, 2.75) is 12.5 Å². The molecule has 3 rings (SSSR count). The normalized spacial score (nSPS) is 16.2. The van der Waals surface area contributed by atoms with E-state index in [4.69, 9.17) is 9.47 Å². The first-order chi connectivity index (χ1) is 14.2. The van der Waals surface area contributed by atoms with E-state index in [1.54, 1.807) is 13.2 Å². The van der Waals surface area contributed by atoms with E-state index in [-0.39, 0.29) is 18.6 Å². The summed E-state index contributed by atoms with van der Waals surface area (Å²) in [6, 6.07) is 18.1. The highest BCUT2D eigenvalue weighted by atomic mass is 16.5. The molecule has 2 aromatic carbocycles. The lowest BCUT2D eigenvalue weighted by Crippen LogP contribution is -2.53. The first kappa shape index (κ1) is 21.1. The van der Waals surface area contributed by atoms with Gasteiger partial charge in [0, 0.05) is 38.8 Å². The molecule has 0 bridgehead atoms. The number of hydrogen-bond acceptors (Lipinski definition) is 5. The van der Waals surface area contributed by atoms with Gasteiger partial charge in [-0.25, -0.2) is 0 Å². The zero-order chi connectivity index (χ0) is 20.5. The predicted molar refractivity (Wildman–Crippen MR) is 115 cm³/mol. The summed E-state index contributed by atoms with van der Waals surface area (Å²) in [6.45, 7) is 4.71. The maximum atomic E-state index is 12.4. The number of amides is 1. The maximum absolute atomic E-state index is 12.4. The first-order valence-corrected chi connectivity index (χ1v) is 10.1. The van der Waals surface area contributed by atoms with Crippen LogP contribution in [-0.4, -0.2) is 75.2 Å². The quantitative estimate of drug-likeness (QED) is 0.702. The van der Waals surface area contributed by atoms with Crippen LogP contribution >= 0.6 is 0 Å². The van der Waals surface area contributed by atoms with Crippen molar-refractivity contribution in [3.05, 3.63) is 60.2 Å². The first-order valence-electron chi connectivity index (χ1n) is 10.1. The molecule has 2 aromatic rings. The summed E-state index contributed by atoms with van der Waals surface area (Å²) in [5.41, 5.74) is 1.29. The molecular formula is C23H31N3O3. The molecule has 6 nitrogen and oxygen atoms in total. The number of piperazine rings is 1. The van der Waals surface area contributed by atoms with Crippen LogP contribution in [0.2, 0.25) is 0 Å². The van der Waals surface area contributed by atoms with Gasteiger partial charge in [-0.1, -0.05) is 42.5 Å². The fourth-order valence-electron chi connectivity index (χ4n) is 3.57. The number of ether oxygens (including phenoxy) is 2. The summed E-state index contributed by atoms with van der Waals surface area (Å²) in [4.78, 5) is 17.2. The molecule has 0 saturated carbocycles. The van der Waals surface area contributed by atoms with Crippen molar-refractivity contribution in [1.82, 2.24) is 15.1 Å². The van der Waals surface area contributed by atoms with Gasteiger partial charge in [0.15, 0.2) is 18.1 Å². The number of para-hydroxylation sites is 2. The van der Waals surface area contributed by atoms with Crippen LogP contribution in [0.25, 0.3) is 0 Å². The average Bonchev–Trinajstić information content (AvgIpc) is 2.76. The molecule has 1 amide bonds. The van der Waals surface area contributed by atoms with Gasteiger partial charge in [0.2, 0.25) is 0 Å². The number of likely N-dealkylation sites (N-methyl/N-ethyl adjacent to an activating group) is 1. The molecule has 0 spiro atoms. The second-order valence-corrected chi connectivity index (χ2v) is 7.43. The van der Waals surface area contributed by atoms with E-state index in [1.807, 2.05) is 24.3 Å². The number of nitrogens with zero attached hydrogens (tertiary/aromatic N) is 2. The Labute approximate surface area is 173 Å². The smallest absolute Gasteiger partial charge is 0.257 e. The van der Waals surface area contributed by atoms with Gasteiger partial charge in [-0.05, 0) is 31.2 Å². The van der Waals surface area contributed by atoms with Gasteiger partial charge in [-0.15, -0.1) is 0 Å². The Kier molecular flexibility index (Phi) is 7.90. The summed E-state index contributed by atoms with van der Waals surface area (Å²) in [7, 11) is 3.74. The minimum atomic E-state index is -0.122. The lowest BCUT2D eigenvalue weighted by Gasteiger charge is -2.38. The highest BCUT2D eigenvalue weighted by Crippen LogP contribution is 2.25. The lowest BCUT2D eigenvalue weighted by atomic mass is 10.0. The van der Waals surface area contributed by atoms with Crippen molar-refractivity contribution in [3.63, 3.8) is 0 Å². The molecule has 1 fully saturated rings. The zero-order valence-corrected chi connectivity index (χ0v) is 17.3. The van der Waals surface area contributed by atoms with Crippen molar-refractivity contribution in [2.24, 2.45) is 0 Å². The molecule has 0 radical (unpaired) electrons. The van der Waals surface area contributed by atoms with E-state index in [1.165, 1.54) is 5.56 Å². The van der Waals surface area contributed by atoms with Crippen LogP contribution in [0.15, 0.2) is 54.6 Å². The van der Waals surface area contributed by atoms with Crippen LogP contribution < -0.4 is 14.8 Å². The lowest BCUT2D eigenvalue weighted by molar-refractivity contribution is -0.123. The summed E-state index contributed by atoms with van der Waals surface area (Å²) in [5, 5.41) is 3.06. The Morgan fingerprint density at radius 1 is 1.00 bits per heavy atom. The van der Waals surface area contributed by atoms with Crippen molar-refractivity contribution >= 4 is 5.91 Å². The largest absolute Gasteiger partial charge is 0.493 e. The Morgan fingerprint density at radius 2 is 1.66 bits per heavy atom. The van der Waals surface area contributed by atoms with E-state index in [0.29, 0.717) is 18.0 Å². The van der Waals surface area contributed by atoms with Gasteiger partial charge in [0.05, 0.1) is 7.11 Å². The predicted octanol–water partition coefficient (Wildman–Crippen LogP) is 2.05. The van der Waals surface area contributed by atoms with Crippen LogP contribution in [-0.2, 0) is 11.2 Å². The molecule has 1 heterocycles.